The maximum absolute atomic E-state index is 10.9. The molecule has 0 unspecified atom stereocenters. The number of hydrogen-bond donors (Lipinski definition) is 1. The summed E-state index contributed by atoms with van der Waals surface area (Å²) in [5, 5.41) is 0. The number of carbonyl (C=O) groups excluding carboxylic acids is 1. The van der Waals surface area contributed by atoms with Crippen molar-refractivity contribution in [3.8, 4) is 0 Å². The van der Waals surface area contributed by atoms with Crippen molar-refractivity contribution in [1.29, 1.82) is 0 Å². The van der Waals surface area contributed by atoms with Crippen molar-refractivity contribution in [2.24, 2.45) is 0 Å². The van der Waals surface area contributed by atoms with Crippen LogP contribution in [-0.4, -0.2) is 24.6 Å². The molecule has 0 atom stereocenters. The van der Waals surface area contributed by atoms with E-state index in [-0.39, 0.29) is 5.97 Å². The van der Waals surface area contributed by atoms with Crippen LogP contribution in [0.1, 0.15) is 6.42 Å². The molecule has 0 bridgehead atoms. The van der Waals surface area contributed by atoms with Crippen molar-refractivity contribution >= 4 is 53.9 Å². The Morgan fingerprint density at radius 1 is 1.60 bits per heavy atom. The van der Waals surface area contributed by atoms with Crippen LogP contribution in [0.25, 0.3) is 0 Å². The molecule has 0 aliphatic carbocycles. The van der Waals surface area contributed by atoms with Gasteiger partial charge in [0.2, 0.25) is 0 Å². The van der Waals surface area contributed by atoms with Crippen LogP contribution in [0, 0.1) is 0 Å². The molecule has 2 nitrogen and oxygen atoms in total. The smallest absolute Gasteiger partial charge is 0.306 e. The topological polar surface area (TPSA) is 26.3 Å². The Labute approximate surface area is 108 Å². The molecule has 1 aliphatic rings. The second-order valence-electron chi connectivity index (χ2n) is 2.62. The van der Waals surface area contributed by atoms with Crippen LogP contribution in [-0.2, 0) is 9.53 Å². The van der Waals surface area contributed by atoms with E-state index in [0.717, 1.165) is 15.7 Å². The predicted molar refractivity (Wildman–Crippen MR) is 74.3 cm³/mol. The van der Waals surface area contributed by atoms with Crippen molar-refractivity contribution in [3.63, 3.8) is 0 Å². The van der Waals surface area contributed by atoms with Gasteiger partial charge in [-0.15, -0.1) is 11.8 Å². The number of ether oxygens (including phenoxy) is 1. The van der Waals surface area contributed by atoms with Gasteiger partial charge >= 0.3 is 5.97 Å². The average Bonchev–Trinajstić information content (AvgIpc) is 2.58. The summed E-state index contributed by atoms with van der Waals surface area (Å²) in [7, 11) is 1.41. The molecular weight excluding hydrogens is 268 g/mol. The molecule has 0 aromatic carbocycles. The third-order valence-electron chi connectivity index (χ3n) is 1.58. The zero-order chi connectivity index (χ0) is 11.3. The van der Waals surface area contributed by atoms with Crippen LogP contribution in [0.5, 0.6) is 0 Å². The summed E-state index contributed by atoms with van der Waals surface area (Å²) in [6, 6.07) is 0. The SMILES string of the molecule is C=C1SC(CS)=C(SCCC(=O)OC)S1. The molecule has 0 aromatic heterocycles. The van der Waals surface area contributed by atoms with Gasteiger partial charge in [0.05, 0.1) is 17.8 Å². The Kier molecular flexibility index (Phi) is 6.11. The van der Waals surface area contributed by atoms with E-state index in [1.54, 1.807) is 35.3 Å². The summed E-state index contributed by atoms with van der Waals surface area (Å²) in [6.45, 7) is 3.91. The molecule has 1 heterocycles. The molecule has 0 N–H and O–H groups in total. The van der Waals surface area contributed by atoms with Crippen LogP contribution in [0.15, 0.2) is 20.0 Å². The zero-order valence-corrected chi connectivity index (χ0v) is 11.7. The molecule has 6 heteroatoms. The van der Waals surface area contributed by atoms with Crippen LogP contribution >= 0.6 is 47.9 Å². The third-order valence-corrected chi connectivity index (χ3v) is 5.87. The highest BCUT2D eigenvalue weighted by molar-refractivity contribution is 8.35. The van der Waals surface area contributed by atoms with Gasteiger partial charge in [0.25, 0.3) is 0 Å². The summed E-state index contributed by atoms with van der Waals surface area (Å²) >= 11 is 9.27. The number of methoxy groups -OCH3 is 1. The lowest BCUT2D eigenvalue weighted by molar-refractivity contribution is -0.140. The fraction of sp³-hybridized carbons (Fsp3) is 0.444. The Morgan fingerprint density at radius 2 is 2.33 bits per heavy atom. The van der Waals surface area contributed by atoms with Gasteiger partial charge in [-0.25, -0.2) is 0 Å². The van der Waals surface area contributed by atoms with E-state index in [9.17, 15) is 4.79 Å². The molecule has 0 spiro atoms. The highest BCUT2D eigenvalue weighted by atomic mass is 32.2. The van der Waals surface area contributed by atoms with Crippen molar-refractivity contribution < 1.29 is 9.53 Å². The van der Waals surface area contributed by atoms with Gasteiger partial charge in [-0.3, -0.25) is 4.79 Å². The second-order valence-corrected chi connectivity index (χ2v) is 6.85. The third kappa shape index (κ3) is 4.38. The minimum atomic E-state index is -0.162. The van der Waals surface area contributed by atoms with Crippen LogP contribution in [0.4, 0.5) is 0 Å². The molecule has 84 valence electrons. The van der Waals surface area contributed by atoms with Gasteiger partial charge in [-0.1, -0.05) is 30.1 Å². The van der Waals surface area contributed by atoms with E-state index in [1.165, 1.54) is 16.3 Å². The lowest BCUT2D eigenvalue weighted by Crippen LogP contribution is -2.00. The van der Waals surface area contributed by atoms with Gasteiger partial charge < -0.3 is 4.74 Å². The van der Waals surface area contributed by atoms with Crippen molar-refractivity contribution in [3.05, 3.63) is 20.0 Å². The van der Waals surface area contributed by atoms with E-state index < -0.39 is 0 Å². The van der Waals surface area contributed by atoms with Crippen LogP contribution in [0.2, 0.25) is 0 Å². The van der Waals surface area contributed by atoms with Gasteiger partial charge in [0, 0.05) is 20.6 Å². The number of thiol groups is 1. The highest BCUT2D eigenvalue weighted by Gasteiger charge is 2.19. The Morgan fingerprint density at radius 3 is 2.93 bits per heavy atom. The van der Waals surface area contributed by atoms with E-state index in [1.807, 2.05) is 0 Å². The Balaban J connectivity index is 2.37. The number of carbonyl (C=O) groups is 1. The second kappa shape index (κ2) is 6.83. The highest BCUT2D eigenvalue weighted by Crippen LogP contribution is 2.52. The molecule has 15 heavy (non-hydrogen) atoms. The molecule has 0 saturated carbocycles. The first kappa shape index (κ1) is 13.4. The van der Waals surface area contributed by atoms with Gasteiger partial charge in [-0.05, 0) is 0 Å². The standard InChI is InChI=1S/C9H12O2S4/c1-6-14-7(5-12)9(15-6)13-4-3-8(10)11-2/h12H,1,3-5H2,2H3. The first-order valence-corrected chi connectivity index (χ1v) is 7.50. The minimum absolute atomic E-state index is 0.162. The zero-order valence-electron chi connectivity index (χ0n) is 8.32. The Bertz CT molecular complexity index is 298. The lowest BCUT2D eigenvalue weighted by atomic mass is 10.5. The van der Waals surface area contributed by atoms with E-state index in [4.69, 9.17) is 0 Å². The molecule has 0 radical (unpaired) electrons. The first-order chi connectivity index (χ1) is 7.17. The number of esters is 1. The molecule has 1 aliphatic heterocycles. The Hall–Kier alpha value is 0.350. The molecule has 1 rings (SSSR count). The number of thioether (sulfide) groups is 3. The van der Waals surface area contributed by atoms with Crippen LogP contribution in [0.3, 0.4) is 0 Å². The summed E-state index contributed by atoms with van der Waals surface area (Å²) in [5.74, 6) is 1.32. The van der Waals surface area contributed by atoms with Gasteiger partial charge in [0.1, 0.15) is 0 Å². The normalized spacial score (nSPS) is 16.0. The largest absolute Gasteiger partial charge is 0.469 e. The molecule has 0 amide bonds. The maximum atomic E-state index is 10.9. The molecule has 0 fully saturated rings. The number of hydrogen-bond acceptors (Lipinski definition) is 6. The fourth-order valence-corrected chi connectivity index (χ4v) is 5.18. The van der Waals surface area contributed by atoms with Crippen LogP contribution < -0.4 is 0 Å². The average molecular weight is 280 g/mol. The molecule has 0 aromatic rings. The molecular formula is C9H12O2S4. The summed E-state index contributed by atoms with van der Waals surface area (Å²) in [6.07, 6.45) is 0.447. The summed E-state index contributed by atoms with van der Waals surface area (Å²) < 4.78 is 6.89. The first-order valence-electron chi connectivity index (χ1n) is 4.25. The maximum Gasteiger partial charge on any atom is 0.306 e. The predicted octanol–water partition coefficient (Wildman–Crippen LogP) is 3.33. The quantitative estimate of drug-likeness (QED) is 0.615. The summed E-state index contributed by atoms with van der Waals surface area (Å²) in [5.41, 5.74) is 0. The van der Waals surface area contributed by atoms with E-state index in [2.05, 4.69) is 23.9 Å². The van der Waals surface area contributed by atoms with Crippen molar-refractivity contribution in [1.82, 2.24) is 0 Å². The number of rotatable bonds is 5. The monoisotopic (exact) mass is 280 g/mol. The van der Waals surface area contributed by atoms with Crippen molar-refractivity contribution in [2.45, 2.75) is 6.42 Å². The summed E-state index contributed by atoms with van der Waals surface area (Å²) in [4.78, 5) is 12.1. The molecule has 0 saturated heterocycles. The fourth-order valence-electron chi connectivity index (χ4n) is 0.896. The van der Waals surface area contributed by atoms with Gasteiger partial charge in [-0.2, -0.15) is 12.6 Å². The minimum Gasteiger partial charge on any atom is -0.469 e. The van der Waals surface area contributed by atoms with Gasteiger partial charge in [0.15, 0.2) is 0 Å². The lowest BCUT2D eigenvalue weighted by Gasteiger charge is -2.02. The van der Waals surface area contributed by atoms with E-state index in [0.29, 0.717) is 6.42 Å². The van der Waals surface area contributed by atoms with E-state index >= 15 is 0 Å². The van der Waals surface area contributed by atoms with Crippen molar-refractivity contribution in [2.75, 3.05) is 18.6 Å².